The molecule has 0 unspecified atom stereocenters. The third kappa shape index (κ3) is 6.24. The van der Waals surface area contributed by atoms with E-state index >= 15 is 0 Å². The standard InChI is InChI=1S/C20H25FN4O.C7H6IN3/c1-13(2)10-20(3,22)12-26-18-6-5-14(9-17(18)21)15-7-8-23-19-16(15)11-24-25(19)4;1-11-7-5(4-10-11)6(8)2-3-9-7/h5-9,11,13H,10,12,22H2,1-4H3;2-4H,1H3/t20-;/m1./s1. The lowest BCUT2D eigenvalue weighted by atomic mass is 9.93. The Morgan fingerprint density at radius 3 is 2.24 bits per heavy atom. The highest BCUT2D eigenvalue weighted by molar-refractivity contribution is 14.1. The van der Waals surface area contributed by atoms with E-state index in [4.69, 9.17) is 10.5 Å². The fourth-order valence-electron chi connectivity index (χ4n) is 4.33. The first-order valence-corrected chi connectivity index (χ1v) is 13.0. The first-order chi connectivity index (χ1) is 17.6. The summed E-state index contributed by atoms with van der Waals surface area (Å²) in [7, 11) is 3.73. The first kappa shape index (κ1) is 26.9. The summed E-state index contributed by atoms with van der Waals surface area (Å²) in [5.41, 5.74) is 9.09. The van der Waals surface area contributed by atoms with E-state index in [9.17, 15) is 4.39 Å². The van der Waals surface area contributed by atoms with Crippen LogP contribution in [-0.4, -0.2) is 41.7 Å². The zero-order valence-electron chi connectivity index (χ0n) is 21.6. The summed E-state index contributed by atoms with van der Waals surface area (Å²) in [6, 6.07) is 8.81. The van der Waals surface area contributed by atoms with Gasteiger partial charge in [0.05, 0.1) is 17.8 Å². The van der Waals surface area contributed by atoms with Gasteiger partial charge < -0.3 is 10.5 Å². The Morgan fingerprint density at radius 1 is 1.00 bits per heavy atom. The predicted molar refractivity (Wildman–Crippen MR) is 153 cm³/mol. The lowest BCUT2D eigenvalue weighted by Gasteiger charge is -2.26. The Hall–Kier alpha value is -3.12. The van der Waals surface area contributed by atoms with Crippen molar-refractivity contribution in [3.8, 4) is 16.9 Å². The minimum Gasteiger partial charge on any atom is -0.489 e. The average molecular weight is 615 g/mol. The Balaban J connectivity index is 0.000000241. The molecule has 1 aromatic carbocycles. The van der Waals surface area contributed by atoms with Crippen molar-refractivity contribution in [2.24, 2.45) is 25.7 Å². The molecule has 4 aromatic heterocycles. The quantitative estimate of drug-likeness (QED) is 0.254. The number of halogens is 2. The topological polar surface area (TPSA) is 96.7 Å². The number of hydrogen-bond acceptors (Lipinski definition) is 6. The minimum absolute atomic E-state index is 0.214. The number of aromatic nitrogens is 6. The summed E-state index contributed by atoms with van der Waals surface area (Å²) in [4.78, 5) is 8.51. The van der Waals surface area contributed by atoms with Crippen LogP contribution in [0.15, 0.2) is 55.1 Å². The zero-order chi connectivity index (χ0) is 26.7. The molecule has 1 atom stereocenters. The van der Waals surface area contributed by atoms with Crippen molar-refractivity contribution in [2.75, 3.05) is 6.61 Å². The number of nitrogens with two attached hydrogens (primary N) is 1. The number of benzene rings is 1. The molecule has 0 fully saturated rings. The molecule has 8 nitrogen and oxygen atoms in total. The van der Waals surface area contributed by atoms with Crippen molar-refractivity contribution in [3.05, 3.63) is 64.5 Å². The summed E-state index contributed by atoms with van der Waals surface area (Å²) in [6.45, 7) is 6.40. The third-order valence-electron chi connectivity index (χ3n) is 5.89. The fourth-order valence-corrected chi connectivity index (χ4v) is 4.87. The maximum atomic E-state index is 14.6. The normalized spacial score (nSPS) is 13.0. The number of rotatable bonds is 6. The van der Waals surface area contributed by atoms with Gasteiger partial charge in [0.25, 0.3) is 0 Å². The maximum absolute atomic E-state index is 14.6. The van der Waals surface area contributed by atoms with Gasteiger partial charge in [0.1, 0.15) is 6.61 Å². The van der Waals surface area contributed by atoms with Gasteiger partial charge in [0.2, 0.25) is 0 Å². The van der Waals surface area contributed by atoms with Crippen LogP contribution in [-0.2, 0) is 14.1 Å². The van der Waals surface area contributed by atoms with Gasteiger partial charge in [-0.05, 0) is 77.2 Å². The number of ether oxygens (including phenoxy) is 1. The average Bonchev–Trinajstić information content (AvgIpc) is 3.41. The smallest absolute Gasteiger partial charge is 0.165 e. The highest BCUT2D eigenvalue weighted by atomic mass is 127. The van der Waals surface area contributed by atoms with E-state index in [-0.39, 0.29) is 12.4 Å². The van der Waals surface area contributed by atoms with E-state index < -0.39 is 11.4 Å². The van der Waals surface area contributed by atoms with Crippen LogP contribution < -0.4 is 10.5 Å². The van der Waals surface area contributed by atoms with Gasteiger partial charge in [-0.3, -0.25) is 9.36 Å². The van der Waals surface area contributed by atoms with Crippen molar-refractivity contribution >= 4 is 44.7 Å². The van der Waals surface area contributed by atoms with Crippen molar-refractivity contribution < 1.29 is 9.13 Å². The molecule has 0 saturated carbocycles. The molecule has 10 heteroatoms. The SMILES string of the molecule is CC(C)C[C@@](C)(N)COc1ccc(-c2ccnc3c2cnn3C)cc1F.Cn1ncc2c(I)ccnc21. The number of pyridine rings is 2. The highest BCUT2D eigenvalue weighted by Crippen LogP contribution is 2.30. The Bertz CT molecular complexity index is 1530. The highest BCUT2D eigenvalue weighted by Gasteiger charge is 2.22. The maximum Gasteiger partial charge on any atom is 0.165 e. The molecule has 0 spiro atoms. The van der Waals surface area contributed by atoms with E-state index in [0.717, 1.165) is 39.6 Å². The summed E-state index contributed by atoms with van der Waals surface area (Å²) in [6.07, 6.45) is 7.89. The van der Waals surface area contributed by atoms with E-state index in [0.29, 0.717) is 5.92 Å². The fraction of sp³-hybridized carbons (Fsp3) is 0.333. The minimum atomic E-state index is -0.494. The lowest BCUT2D eigenvalue weighted by Crippen LogP contribution is -2.43. The largest absolute Gasteiger partial charge is 0.489 e. The molecule has 0 aliphatic heterocycles. The van der Waals surface area contributed by atoms with E-state index in [2.05, 4.69) is 56.6 Å². The molecule has 0 aliphatic carbocycles. The summed E-state index contributed by atoms with van der Waals surface area (Å²) in [5, 5.41) is 10.3. The van der Waals surface area contributed by atoms with Crippen LogP contribution in [0.2, 0.25) is 0 Å². The summed E-state index contributed by atoms with van der Waals surface area (Å²) < 4.78 is 24.9. The first-order valence-electron chi connectivity index (χ1n) is 12.0. The molecule has 0 saturated heterocycles. The zero-order valence-corrected chi connectivity index (χ0v) is 23.8. The monoisotopic (exact) mass is 615 g/mol. The molecule has 4 heterocycles. The number of fused-ring (bicyclic) bond motifs is 2. The number of hydrogen-bond donors (Lipinski definition) is 1. The van der Waals surface area contributed by atoms with Crippen molar-refractivity contribution in [1.82, 2.24) is 29.5 Å². The second-order valence-corrected chi connectivity index (χ2v) is 11.0. The second-order valence-electron chi connectivity index (χ2n) is 9.85. The molecule has 2 N–H and O–H groups in total. The Kier molecular flexibility index (Phi) is 8.08. The molecule has 0 bridgehead atoms. The molecule has 194 valence electrons. The molecule has 5 aromatic rings. The van der Waals surface area contributed by atoms with Gasteiger partial charge in [-0.15, -0.1) is 0 Å². The van der Waals surface area contributed by atoms with Gasteiger partial charge in [0, 0.05) is 41.0 Å². The Morgan fingerprint density at radius 2 is 1.62 bits per heavy atom. The molecule has 0 amide bonds. The van der Waals surface area contributed by atoms with Crippen LogP contribution in [0.1, 0.15) is 27.2 Å². The van der Waals surface area contributed by atoms with Gasteiger partial charge >= 0.3 is 0 Å². The van der Waals surface area contributed by atoms with E-state index in [1.807, 2.05) is 45.4 Å². The van der Waals surface area contributed by atoms with E-state index in [1.54, 1.807) is 34.0 Å². The van der Waals surface area contributed by atoms with Crippen molar-refractivity contribution in [3.63, 3.8) is 0 Å². The van der Waals surface area contributed by atoms with Gasteiger partial charge in [-0.25, -0.2) is 14.4 Å². The molecule has 0 aliphatic rings. The molecular weight excluding hydrogens is 584 g/mol. The summed E-state index contributed by atoms with van der Waals surface area (Å²) >= 11 is 2.28. The lowest BCUT2D eigenvalue weighted by molar-refractivity contribution is 0.200. The molecule has 5 rings (SSSR count). The van der Waals surface area contributed by atoms with E-state index in [1.165, 1.54) is 9.64 Å². The molecular formula is C27H31FIN7O. The Labute approximate surface area is 229 Å². The van der Waals surface area contributed by atoms with Crippen molar-refractivity contribution in [2.45, 2.75) is 32.7 Å². The van der Waals surface area contributed by atoms with Crippen LogP contribution in [0.4, 0.5) is 4.39 Å². The van der Waals surface area contributed by atoms with Gasteiger partial charge in [-0.1, -0.05) is 19.9 Å². The van der Waals surface area contributed by atoms with Crippen LogP contribution in [0.3, 0.4) is 0 Å². The van der Waals surface area contributed by atoms with Crippen molar-refractivity contribution in [1.29, 1.82) is 0 Å². The third-order valence-corrected chi connectivity index (χ3v) is 6.83. The van der Waals surface area contributed by atoms with Gasteiger partial charge in [0.15, 0.2) is 22.9 Å². The predicted octanol–water partition coefficient (Wildman–Crippen LogP) is 5.49. The van der Waals surface area contributed by atoms with Gasteiger partial charge in [-0.2, -0.15) is 10.2 Å². The van der Waals surface area contributed by atoms with Crippen LogP contribution in [0, 0.1) is 15.3 Å². The van der Waals surface area contributed by atoms with Crippen LogP contribution in [0.5, 0.6) is 5.75 Å². The number of nitrogens with zero attached hydrogens (tertiary/aromatic N) is 6. The van der Waals surface area contributed by atoms with Crippen LogP contribution in [0.25, 0.3) is 33.2 Å². The summed E-state index contributed by atoms with van der Waals surface area (Å²) in [5.74, 6) is 0.261. The molecule has 0 radical (unpaired) electrons. The second kappa shape index (κ2) is 11.1. The van der Waals surface area contributed by atoms with Crippen LogP contribution >= 0.6 is 22.6 Å². The number of aryl methyl sites for hydroxylation is 2. The molecule has 37 heavy (non-hydrogen) atoms.